The number of thiocarbonyl (C=S) groups is 1. The lowest BCUT2D eigenvalue weighted by Crippen LogP contribution is -2.29. The van der Waals surface area contributed by atoms with Crippen LogP contribution in [0, 0.1) is 26.6 Å². The number of anilines is 1. The number of nitrogens with one attached hydrogen (secondary N) is 1. The number of hydrogen-bond donors (Lipinski definition) is 1. The van der Waals surface area contributed by atoms with Gasteiger partial charge >= 0.3 is 0 Å². The summed E-state index contributed by atoms with van der Waals surface area (Å²) in [6.07, 6.45) is 1.79. The molecule has 8 heteroatoms. The highest BCUT2D eigenvalue weighted by molar-refractivity contribution is 7.80. The normalized spacial score (nSPS) is 18.6. The number of pyridine rings is 1. The molecule has 0 saturated carbocycles. The maximum Gasteiger partial charge on any atom is 0.231 e. The van der Waals surface area contributed by atoms with Crippen LogP contribution in [0.5, 0.6) is 11.5 Å². The topological polar surface area (TPSA) is 51.6 Å². The van der Waals surface area contributed by atoms with E-state index in [1.807, 2.05) is 42.5 Å². The van der Waals surface area contributed by atoms with Crippen LogP contribution in [0.2, 0.25) is 0 Å². The fourth-order valence-electron chi connectivity index (χ4n) is 5.24. The Kier molecular flexibility index (Phi) is 5.41. The molecule has 4 heterocycles. The Morgan fingerprint density at radius 3 is 2.56 bits per heavy atom. The average Bonchev–Trinajstić information content (AvgIpc) is 3.56. The highest BCUT2D eigenvalue weighted by Crippen LogP contribution is 2.44. The molecule has 2 aromatic heterocycles. The standard InChI is InChI=1S/C28H25FN4O2S/c1-16-12-19(7-9-22(16)29)33-27(26(31-28(33)36)23-6-4-5-11-30-23)21-13-17(2)32(18(21)3)20-8-10-24-25(14-20)35-15-34-24/h4-14,26-27H,15H2,1-3H3,(H,31,36)/t26-,27-/m0/s1. The third-order valence-electron chi connectivity index (χ3n) is 6.92. The largest absolute Gasteiger partial charge is 0.454 e. The molecule has 6 nitrogen and oxygen atoms in total. The average molecular weight is 501 g/mol. The van der Waals surface area contributed by atoms with Crippen molar-refractivity contribution >= 4 is 23.0 Å². The van der Waals surface area contributed by atoms with Crippen LogP contribution in [0.3, 0.4) is 0 Å². The van der Waals surface area contributed by atoms with E-state index in [9.17, 15) is 4.39 Å². The summed E-state index contributed by atoms with van der Waals surface area (Å²) >= 11 is 5.84. The quantitative estimate of drug-likeness (QED) is 0.355. The van der Waals surface area contributed by atoms with Gasteiger partial charge in [-0.05, 0) is 92.6 Å². The Morgan fingerprint density at radius 2 is 1.78 bits per heavy atom. The van der Waals surface area contributed by atoms with E-state index >= 15 is 0 Å². The minimum absolute atomic E-state index is 0.185. The molecule has 1 fully saturated rings. The van der Waals surface area contributed by atoms with Crippen LogP contribution >= 0.6 is 12.2 Å². The van der Waals surface area contributed by atoms with Crippen molar-refractivity contribution in [2.75, 3.05) is 11.7 Å². The summed E-state index contributed by atoms with van der Waals surface area (Å²) in [5.41, 5.74) is 6.55. The molecule has 36 heavy (non-hydrogen) atoms. The zero-order chi connectivity index (χ0) is 25.0. The first-order valence-corrected chi connectivity index (χ1v) is 12.2. The van der Waals surface area contributed by atoms with Crippen molar-refractivity contribution in [1.82, 2.24) is 14.9 Å². The van der Waals surface area contributed by atoms with Gasteiger partial charge in [-0.3, -0.25) is 4.98 Å². The maximum absolute atomic E-state index is 14.1. The molecule has 2 aromatic carbocycles. The van der Waals surface area contributed by atoms with E-state index in [4.69, 9.17) is 21.7 Å². The van der Waals surface area contributed by atoms with Crippen LogP contribution in [-0.2, 0) is 0 Å². The summed E-state index contributed by atoms with van der Waals surface area (Å²) in [5.74, 6) is 1.25. The third kappa shape index (κ3) is 3.60. The molecule has 0 spiro atoms. The SMILES string of the molecule is Cc1cc(N2C(=S)N[C@@H](c3ccccn3)[C@@H]2c2cc(C)n(-c3ccc4c(c3)OCO4)c2C)ccc1F. The summed E-state index contributed by atoms with van der Waals surface area (Å²) in [5, 5.41) is 4.06. The van der Waals surface area contributed by atoms with Crippen molar-refractivity contribution in [3.8, 4) is 17.2 Å². The number of rotatable bonds is 4. The van der Waals surface area contributed by atoms with Crippen LogP contribution in [0.25, 0.3) is 5.69 Å². The number of ether oxygens (including phenoxy) is 2. The van der Waals surface area contributed by atoms with Gasteiger partial charge in [0.25, 0.3) is 0 Å². The molecule has 4 aromatic rings. The number of fused-ring (bicyclic) bond motifs is 1. The van der Waals surface area contributed by atoms with Crippen molar-refractivity contribution in [3.63, 3.8) is 0 Å². The zero-order valence-electron chi connectivity index (χ0n) is 20.2. The first-order chi connectivity index (χ1) is 17.4. The smallest absolute Gasteiger partial charge is 0.231 e. The molecule has 0 aliphatic carbocycles. The van der Waals surface area contributed by atoms with E-state index < -0.39 is 0 Å². The maximum atomic E-state index is 14.1. The molecule has 1 saturated heterocycles. The van der Waals surface area contributed by atoms with E-state index in [-0.39, 0.29) is 24.7 Å². The number of halogens is 1. The third-order valence-corrected chi connectivity index (χ3v) is 7.24. The molecule has 6 rings (SSSR count). The van der Waals surface area contributed by atoms with Crippen LogP contribution < -0.4 is 19.7 Å². The number of nitrogens with zero attached hydrogens (tertiary/aromatic N) is 3. The predicted molar refractivity (Wildman–Crippen MR) is 140 cm³/mol. The lowest BCUT2D eigenvalue weighted by molar-refractivity contribution is 0.174. The van der Waals surface area contributed by atoms with Crippen LogP contribution in [0.1, 0.15) is 40.3 Å². The van der Waals surface area contributed by atoms with Crippen molar-refractivity contribution in [2.24, 2.45) is 0 Å². The Bertz CT molecular complexity index is 1490. The van der Waals surface area contributed by atoms with Crippen molar-refractivity contribution in [3.05, 3.63) is 101 Å². The Hall–Kier alpha value is -3.91. The molecule has 2 aliphatic heterocycles. The van der Waals surface area contributed by atoms with Gasteiger partial charge in [0.1, 0.15) is 5.82 Å². The van der Waals surface area contributed by atoms with Crippen LogP contribution in [0.15, 0.2) is 66.9 Å². The lowest BCUT2D eigenvalue weighted by Gasteiger charge is -2.28. The molecule has 1 N–H and O–H groups in total. The van der Waals surface area contributed by atoms with Crippen molar-refractivity contribution < 1.29 is 13.9 Å². The highest BCUT2D eigenvalue weighted by Gasteiger charge is 2.42. The summed E-state index contributed by atoms with van der Waals surface area (Å²) < 4.78 is 27.5. The molecule has 2 atom stereocenters. The summed E-state index contributed by atoms with van der Waals surface area (Å²) in [6, 6.07) is 18.8. The molecular weight excluding hydrogens is 475 g/mol. The molecule has 0 unspecified atom stereocenters. The van der Waals surface area contributed by atoms with Gasteiger partial charge in [-0.2, -0.15) is 0 Å². The van der Waals surface area contributed by atoms with Gasteiger partial charge in [0.15, 0.2) is 16.6 Å². The van der Waals surface area contributed by atoms with Crippen molar-refractivity contribution in [1.29, 1.82) is 0 Å². The highest BCUT2D eigenvalue weighted by atomic mass is 32.1. The molecule has 182 valence electrons. The monoisotopic (exact) mass is 500 g/mol. The molecule has 0 radical (unpaired) electrons. The fourth-order valence-corrected chi connectivity index (χ4v) is 5.58. The van der Waals surface area contributed by atoms with Gasteiger partial charge in [-0.25, -0.2) is 4.39 Å². The van der Waals surface area contributed by atoms with Crippen LogP contribution in [0.4, 0.5) is 10.1 Å². The Labute approximate surface area is 214 Å². The van der Waals surface area contributed by atoms with Gasteiger partial charge < -0.3 is 24.3 Å². The van der Waals surface area contributed by atoms with E-state index in [2.05, 4.69) is 39.7 Å². The van der Waals surface area contributed by atoms with Gasteiger partial charge in [0.05, 0.1) is 17.8 Å². The molecular formula is C28H25FN4O2S. The minimum Gasteiger partial charge on any atom is -0.454 e. The van der Waals surface area contributed by atoms with Crippen LogP contribution in [-0.4, -0.2) is 21.5 Å². The van der Waals surface area contributed by atoms with Gasteiger partial charge in [0.2, 0.25) is 6.79 Å². The van der Waals surface area contributed by atoms with E-state index in [1.54, 1.807) is 19.2 Å². The second-order valence-electron chi connectivity index (χ2n) is 9.13. The molecule has 0 bridgehead atoms. The summed E-state index contributed by atoms with van der Waals surface area (Å²) in [4.78, 5) is 6.72. The number of benzene rings is 2. The lowest BCUT2D eigenvalue weighted by atomic mass is 9.96. The first-order valence-electron chi connectivity index (χ1n) is 11.8. The number of aryl methyl sites for hydroxylation is 2. The van der Waals surface area contributed by atoms with E-state index in [0.29, 0.717) is 10.7 Å². The summed E-state index contributed by atoms with van der Waals surface area (Å²) in [7, 11) is 0. The molecule has 0 amide bonds. The Balaban J connectivity index is 1.50. The number of aromatic nitrogens is 2. The fraction of sp³-hybridized carbons (Fsp3) is 0.214. The van der Waals surface area contributed by atoms with E-state index in [1.165, 1.54) is 6.07 Å². The van der Waals surface area contributed by atoms with Gasteiger partial charge in [-0.1, -0.05) is 6.07 Å². The minimum atomic E-state index is -0.240. The molecule has 2 aliphatic rings. The Morgan fingerprint density at radius 1 is 0.972 bits per heavy atom. The zero-order valence-corrected chi connectivity index (χ0v) is 21.0. The first kappa shape index (κ1) is 22.5. The second kappa shape index (κ2) is 8.64. The predicted octanol–water partition coefficient (Wildman–Crippen LogP) is 5.84. The van der Waals surface area contributed by atoms with Crippen molar-refractivity contribution in [2.45, 2.75) is 32.9 Å². The summed E-state index contributed by atoms with van der Waals surface area (Å²) in [6.45, 7) is 6.20. The van der Waals surface area contributed by atoms with Gasteiger partial charge in [0, 0.05) is 35.0 Å². The number of hydrogen-bond acceptors (Lipinski definition) is 4. The van der Waals surface area contributed by atoms with Gasteiger partial charge in [-0.15, -0.1) is 0 Å². The second-order valence-corrected chi connectivity index (χ2v) is 9.52. The van der Waals surface area contributed by atoms with E-state index in [0.717, 1.165) is 45.5 Å².